The second kappa shape index (κ2) is 7.31. The molecule has 0 aliphatic heterocycles. The topological polar surface area (TPSA) is 42.0 Å². The number of carbonyl (C=O) groups is 1. The number of nitrogens with one attached hydrogen (secondary N) is 1. The van der Waals surface area contributed by atoms with Crippen molar-refractivity contribution in [3.05, 3.63) is 63.9 Å². The van der Waals surface area contributed by atoms with E-state index in [1.807, 2.05) is 37.4 Å². The van der Waals surface area contributed by atoms with Crippen LogP contribution in [0.5, 0.6) is 0 Å². The quantitative estimate of drug-likeness (QED) is 0.827. The smallest absolute Gasteiger partial charge is 0.167 e. The maximum Gasteiger partial charge on any atom is 0.167 e. The molecule has 0 fully saturated rings. The summed E-state index contributed by atoms with van der Waals surface area (Å²) in [5, 5.41) is 3.11. The molecular weight excluding hydrogens is 316 g/mol. The Morgan fingerprint density at radius 2 is 2.10 bits per heavy atom. The molecule has 1 heterocycles. The van der Waals surface area contributed by atoms with Crippen LogP contribution in [0.1, 0.15) is 21.5 Å². The molecular formula is C16H17BrN2O. The average Bonchev–Trinajstić information content (AvgIpc) is 2.45. The lowest BCUT2D eigenvalue weighted by molar-refractivity contribution is 0.0992. The molecule has 4 heteroatoms. The van der Waals surface area contributed by atoms with Gasteiger partial charge in [-0.3, -0.25) is 9.78 Å². The van der Waals surface area contributed by atoms with Crippen molar-refractivity contribution in [1.29, 1.82) is 0 Å². The first-order valence-electron chi connectivity index (χ1n) is 6.56. The second-order valence-corrected chi connectivity index (χ2v) is 5.54. The predicted molar refractivity (Wildman–Crippen MR) is 84.0 cm³/mol. The normalized spacial score (nSPS) is 10.5. The number of rotatable bonds is 6. The summed E-state index contributed by atoms with van der Waals surface area (Å²) in [6, 6.07) is 9.74. The lowest BCUT2D eigenvalue weighted by Gasteiger charge is -2.08. The Labute approximate surface area is 127 Å². The van der Waals surface area contributed by atoms with Gasteiger partial charge in [0, 0.05) is 28.9 Å². The fourth-order valence-corrected chi connectivity index (χ4v) is 2.52. The Morgan fingerprint density at radius 1 is 1.30 bits per heavy atom. The maximum absolute atomic E-state index is 12.4. The zero-order valence-electron chi connectivity index (χ0n) is 11.4. The van der Waals surface area contributed by atoms with Crippen LogP contribution in [0.25, 0.3) is 0 Å². The molecule has 0 aliphatic carbocycles. The van der Waals surface area contributed by atoms with Crippen LogP contribution in [-0.2, 0) is 12.8 Å². The largest absolute Gasteiger partial charge is 0.319 e. The van der Waals surface area contributed by atoms with Gasteiger partial charge in [-0.1, -0.05) is 24.3 Å². The van der Waals surface area contributed by atoms with Crippen LogP contribution < -0.4 is 5.32 Å². The molecule has 104 valence electrons. The SMILES string of the molecule is CNCCc1ccccc1C(=O)Cc1cncc(Br)c1. The standard InChI is InChI=1S/C16H17BrN2O/c1-18-7-6-13-4-2-3-5-15(13)16(20)9-12-8-14(17)11-19-10-12/h2-5,8,10-11,18H,6-7,9H2,1H3. The van der Waals surface area contributed by atoms with Gasteiger partial charge >= 0.3 is 0 Å². The highest BCUT2D eigenvalue weighted by Crippen LogP contribution is 2.15. The zero-order valence-corrected chi connectivity index (χ0v) is 13.0. The van der Waals surface area contributed by atoms with Gasteiger partial charge in [0.15, 0.2) is 5.78 Å². The molecule has 20 heavy (non-hydrogen) atoms. The number of ketones is 1. The van der Waals surface area contributed by atoms with Crippen molar-refractivity contribution in [3.8, 4) is 0 Å². The number of carbonyl (C=O) groups excluding carboxylic acids is 1. The van der Waals surface area contributed by atoms with Gasteiger partial charge in [-0.05, 0) is 53.1 Å². The minimum absolute atomic E-state index is 0.136. The van der Waals surface area contributed by atoms with Crippen molar-refractivity contribution in [2.45, 2.75) is 12.8 Å². The Balaban J connectivity index is 2.16. The van der Waals surface area contributed by atoms with Crippen LogP contribution in [0.3, 0.4) is 0 Å². The van der Waals surface area contributed by atoms with E-state index in [1.54, 1.807) is 12.4 Å². The van der Waals surface area contributed by atoms with E-state index in [0.29, 0.717) is 6.42 Å². The molecule has 0 radical (unpaired) electrons. The summed E-state index contributed by atoms with van der Waals surface area (Å²) in [5.41, 5.74) is 2.82. The van der Waals surface area contributed by atoms with E-state index in [9.17, 15) is 4.79 Å². The van der Waals surface area contributed by atoms with Crippen LogP contribution in [0.15, 0.2) is 47.2 Å². The molecule has 0 saturated heterocycles. The predicted octanol–water partition coefficient (Wildman–Crippen LogP) is 3.03. The molecule has 2 aromatic rings. The number of hydrogen-bond acceptors (Lipinski definition) is 3. The van der Waals surface area contributed by atoms with Crippen molar-refractivity contribution >= 4 is 21.7 Å². The third-order valence-corrected chi connectivity index (χ3v) is 3.52. The number of halogens is 1. The number of likely N-dealkylation sites (N-methyl/N-ethyl adjacent to an activating group) is 1. The molecule has 0 aliphatic rings. The molecule has 0 atom stereocenters. The lowest BCUT2D eigenvalue weighted by Crippen LogP contribution is -2.14. The van der Waals surface area contributed by atoms with E-state index in [4.69, 9.17) is 0 Å². The highest BCUT2D eigenvalue weighted by atomic mass is 79.9. The summed E-state index contributed by atoms with van der Waals surface area (Å²) in [6.07, 6.45) is 4.69. The Hall–Kier alpha value is -1.52. The van der Waals surface area contributed by atoms with E-state index in [2.05, 4.69) is 26.2 Å². The van der Waals surface area contributed by atoms with E-state index in [-0.39, 0.29) is 5.78 Å². The number of benzene rings is 1. The fourth-order valence-electron chi connectivity index (χ4n) is 2.10. The van der Waals surface area contributed by atoms with Crippen LogP contribution in [0.4, 0.5) is 0 Å². The molecule has 2 rings (SSSR count). The van der Waals surface area contributed by atoms with Crippen molar-refractivity contribution in [1.82, 2.24) is 10.3 Å². The Bertz CT molecular complexity index is 599. The van der Waals surface area contributed by atoms with E-state index in [0.717, 1.165) is 34.1 Å². The van der Waals surface area contributed by atoms with Crippen molar-refractivity contribution in [3.63, 3.8) is 0 Å². The van der Waals surface area contributed by atoms with Crippen LogP contribution in [0.2, 0.25) is 0 Å². The summed E-state index contributed by atoms with van der Waals surface area (Å²) < 4.78 is 0.895. The first-order valence-corrected chi connectivity index (χ1v) is 7.35. The zero-order chi connectivity index (χ0) is 14.4. The van der Waals surface area contributed by atoms with Crippen molar-refractivity contribution in [2.24, 2.45) is 0 Å². The number of hydrogen-bond donors (Lipinski definition) is 1. The Kier molecular flexibility index (Phi) is 5.44. The molecule has 0 amide bonds. The Morgan fingerprint density at radius 3 is 2.85 bits per heavy atom. The van der Waals surface area contributed by atoms with E-state index >= 15 is 0 Å². The van der Waals surface area contributed by atoms with Gasteiger partial charge in [0.25, 0.3) is 0 Å². The van der Waals surface area contributed by atoms with Crippen molar-refractivity contribution < 1.29 is 4.79 Å². The summed E-state index contributed by atoms with van der Waals surface area (Å²) in [7, 11) is 1.91. The maximum atomic E-state index is 12.4. The highest BCUT2D eigenvalue weighted by molar-refractivity contribution is 9.10. The van der Waals surface area contributed by atoms with Crippen LogP contribution >= 0.6 is 15.9 Å². The van der Waals surface area contributed by atoms with Gasteiger partial charge in [-0.2, -0.15) is 0 Å². The van der Waals surface area contributed by atoms with E-state index in [1.165, 1.54) is 0 Å². The van der Waals surface area contributed by atoms with E-state index < -0.39 is 0 Å². The van der Waals surface area contributed by atoms with Gasteiger partial charge < -0.3 is 5.32 Å². The molecule has 1 aromatic heterocycles. The third kappa shape index (κ3) is 3.99. The molecule has 3 nitrogen and oxygen atoms in total. The number of aromatic nitrogens is 1. The van der Waals surface area contributed by atoms with Crippen LogP contribution in [0, 0.1) is 0 Å². The third-order valence-electron chi connectivity index (χ3n) is 3.09. The summed E-state index contributed by atoms with van der Waals surface area (Å²) in [4.78, 5) is 16.5. The van der Waals surface area contributed by atoms with Gasteiger partial charge in [-0.15, -0.1) is 0 Å². The van der Waals surface area contributed by atoms with Crippen molar-refractivity contribution in [2.75, 3.05) is 13.6 Å². The molecule has 0 spiro atoms. The average molecular weight is 333 g/mol. The van der Waals surface area contributed by atoms with Gasteiger partial charge in [-0.25, -0.2) is 0 Å². The molecule has 0 bridgehead atoms. The molecule has 1 N–H and O–H groups in total. The van der Waals surface area contributed by atoms with Gasteiger partial charge in [0.05, 0.1) is 0 Å². The minimum Gasteiger partial charge on any atom is -0.319 e. The number of pyridine rings is 1. The monoisotopic (exact) mass is 332 g/mol. The first kappa shape index (κ1) is 14.9. The summed E-state index contributed by atoms with van der Waals surface area (Å²) >= 11 is 3.37. The lowest BCUT2D eigenvalue weighted by atomic mass is 9.97. The number of nitrogens with zero attached hydrogens (tertiary/aromatic N) is 1. The molecule has 0 unspecified atom stereocenters. The molecule has 1 aromatic carbocycles. The van der Waals surface area contributed by atoms with Gasteiger partial charge in [0.2, 0.25) is 0 Å². The van der Waals surface area contributed by atoms with Crippen LogP contribution in [-0.4, -0.2) is 24.4 Å². The van der Waals surface area contributed by atoms with Gasteiger partial charge in [0.1, 0.15) is 0 Å². The first-order chi connectivity index (χ1) is 9.70. The summed E-state index contributed by atoms with van der Waals surface area (Å²) in [5.74, 6) is 0.136. The fraction of sp³-hybridized carbons (Fsp3) is 0.250. The second-order valence-electron chi connectivity index (χ2n) is 4.62. The number of Topliss-reactive ketones (excluding diaryl/α,β-unsaturated/α-hetero) is 1. The molecule has 0 saturated carbocycles. The minimum atomic E-state index is 0.136. The summed E-state index contributed by atoms with van der Waals surface area (Å²) in [6.45, 7) is 0.864. The highest BCUT2D eigenvalue weighted by Gasteiger charge is 2.11.